The Hall–Kier alpha value is -3.98. The number of aldehydes is 1. The molecule has 0 aromatic heterocycles. The van der Waals surface area contributed by atoms with Crippen molar-refractivity contribution < 1.29 is 33.0 Å². The van der Waals surface area contributed by atoms with Crippen LogP contribution in [0.25, 0.3) is 0 Å². The molecule has 0 aliphatic heterocycles. The average Bonchev–Trinajstić information content (AvgIpc) is 2.80. The van der Waals surface area contributed by atoms with E-state index in [0.717, 1.165) is 9.87 Å². The second-order valence-electron chi connectivity index (χ2n) is 6.85. The van der Waals surface area contributed by atoms with Gasteiger partial charge in [-0.3, -0.25) is 9.10 Å². The van der Waals surface area contributed by atoms with Crippen LogP contribution in [0.2, 0.25) is 0 Å². The van der Waals surface area contributed by atoms with E-state index in [9.17, 15) is 27.9 Å². The summed E-state index contributed by atoms with van der Waals surface area (Å²) >= 11 is 0. The van der Waals surface area contributed by atoms with Gasteiger partial charge in [0.1, 0.15) is 6.29 Å². The summed E-state index contributed by atoms with van der Waals surface area (Å²) in [5.74, 6) is -2.14. The number of aromatic carboxylic acids is 2. The normalized spacial score (nSPS) is 10.5. The molecule has 3 rings (SSSR count). The summed E-state index contributed by atoms with van der Waals surface area (Å²) in [5.41, 5.74) is 1.75. The molecule has 0 bridgehead atoms. The van der Waals surface area contributed by atoms with Crippen molar-refractivity contribution in [3.05, 3.63) is 95.1 Å². The van der Waals surface area contributed by atoms with Crippen molar-refractivity contribution >= 4 is 33.9 Å². The van der Waals surface area contributed by atoms with E-state index in [-0.39, 0.29) is 28.3 Å². The molecule has 0 unspecified atom stereocenters. The molecule has 0 amide bonds. The van der Waals surface area contributed by atoms with Crippen LogP contribution in [0.1, 0.15) is 43.6 Å². The van der Waals surface area contributed by atoms with Gasteiger partial charge in [0.25, 0.3) is 10.0 Å². The molecule has 0 saturated heterocycles. The number of benzene rings is 3. The number of rotatable bonds is 7. The Balaban J connectivity index is 0.000000294. The lowest BCUT2D eigenvalue weighted by atomic mass is 10.1. The van der Waals surface area contributed by atoms with E-state index in [1.807, 2.05) is 6.92 Å². The van der Waals surface area contributed by atoms with Crippen molar-refractivity contribution in [2.75, 3.05) is 10.8 Å². The fraction of sp³-hybridized carbons (Fsp3) is 0.125. The van der Waals surface area contributed by atoms with Gasteiger partial charge in [0, 0.05) is 12.1 Å². The maximum absolute atomic E-state index is 12.8. The predicted octanol–water partition coefficient (Wildman–Crippen LogP) is 4.11. The van der Waals surface area contributed by atoms with Gasteiger partial charge >= 0.3 is 11.9 Å². The number of anilines is 1. The summed E-state index contributed by atoms with van der Waals surface area (Å²) in [6.45, 7) is 3.68. The summed E-state index contributed by atoms with van der Waals surface area (Å²) in [7, 11) is -3.81. The number of para-hydroxylation sites is 1. The molecular weight excluding hydrogens is 446 g/mol. The van der Waals surface area contributed by atoms with Crippen LogP contribution in [0.5, 0.6) is 0 Å². The molecule has 3 aromatic carbocycles. The molecule has 2 N–H and O–H groups in total. The quantitative estimate of drug-likeness (QED) is 0.498. The molecule has 0 heterocycles. The van der Waals surface area contributed by atoms with E-state index in [4.69, 9.17) is 5.11 Å². The third-order valence-corrected chi connectivity index (χ3v) is 6.50. The molecule has 0 fully saturated rings. The zero-order chi connectivity index (χ0) is 24.6. The number of sulfonamides is 1. The summed E-state index contributed by atoms with van der Waals surface area (Å²) in [4.78, 5) is 31.9. The minimum absolute atomic E-state index is 0.0416. The molecule has 0 radical (unpaired) electrons. The maximum Gasteiger partial charge on any atom is 0.337 e. The molecular formula is C24H23NO7S. The molecule has 0 aliphatic carbocycles. The van der Waals surface area contributed by atoms with Gasteiger partial charge in [0.15, 0.2) is 0 Å². The monoisotopic (exact) mass is 469 g/mol. The van der Waals surface area contributed by atoms with Crippen molar-refractivity contribution in [3.8, 4) is 0 Å². The van der Waals surface area contributed by atoms with Crippen molar-refractivity contribution in [2.45, 2.75) is 18.7 Å². The second-order valence-corrected chi connectivity index (χ2v) is 8.71. The van der Waals surface area contributed by atoms with Crippen LogP contribution in [0.15, 0.2) is 77.7 Å². The van der Waals surface area contributed by atoms with E-state index in [2.05, 4.69) is 0 Å². The Morgan fingerprint density at radius 2 is 1.45 bits per heavy atom. The summed E-state index contributed by atoms with van der Waals surface area (Å²) in [6.07, 6.45) is 0.672. The van der Waals surface area contributed by atoms with E-state index in [1.165, 1.54) is 48.5 Å². The van der Waals surface area contributed by atoms with Gasteiger partial charge < -0.3 is 10.2 Å². The first-order valence-corrected chi connectivity index (χ1v) is 11.3. The van der Waals surface area contributed by atoms with Crippen molar-refractivity contribution in [1.29, 1.82) is 0 Å². The average molecular weight is 470 g/mol. The fourth-order valence-electron chi connectivity index (χ4n) is 2.88. The SMILES string of the molecule is CCN(c1ccccc1C(=O)O)S(=O)(=O)c1ccc(C)cc1.O=Cc1ccc(C(=O)O)cc1. The molecule has 0 atom stereocenters. The standard InChI is InChI=1S/C16H17NO4S.C8H6O3/c1-3-17(15-7-5-4-6-14(15)16(18)19)22(20,21)13-10-8-12(2)9-11-13;9-5-6-1-3-7(4-2-6)8(10)11/h4-11H,3H2,1-2H3,(H,18,19);1-5H,(H,10,11). The lowest BCUT2D eigenvalue weighted by molar-refractivity contribution is 0.0686. The molecule has 172 valence electrons. The number of hydrogen-bond acceptors (Lipinski definition) is 5. The van der Waals surface area contributed by atoms with E-state index >= 15 is 0 Å². The van der Waals surface area contributed by atoms with Gasteiger partial charge in [0.05, 0.1) is 21.7 Å². The smallest absolute Gasteiger partial charge is 0.337 e. The Morgan fingerprint density at radius 1 is 0.879 bits per heavy atom. The number of hydrogen-bond donors (Lipinski definition) is 2. The summed E-state index contributed by atoms with van der Waals surface area (Å²) in [5, 5.41) is 17.7. The number of carboxylic acid groups (broad SMARTS) is 2. The van der Waals surface area contributed by atoms with Crippen molar-refractivity contribution in [1.82, 2.24) is 0 Å². The van der Waals surface area contributed by atoms with Crippen molar-refractivity contribution in [3.63, 3.8) is 0 Å². The second kappa shape index (κ2) is 11.1. The van der Waals surface area contributed by atoms with E-state index in [0.29, 0.717) is 11.8 Å². The van der Waals surface area contributed by atoms with Crippen LogP contribution in [0.3, 0.4) is 0 Å². The third kappa shape index (κ3) is 6.27. The van der Waals surface area contributed by atoms with Gasteiger partial charge in [-0.25, -0.2) is 18.0 Å². The van der Waals surface area contributed by atoms with Crippen LogP contribution < -0.4 is 4.31 Å². The number of carbonyl (C=O) groups is 3. The topological polar surface area (TPSA) is 129 Å². The number of carbonyl (C=O) groups excluding carboxylic acids is 1. The summed E-state index contributed by atoms with van der Waals surface area (Å²) < 4.78 is 26.7. The zero-order valence-electron chi connectivity index (χ0n) is 18.0. The largest absolute Gasteiger partial charge is 0.478 e. The van der Waals surface area contributed by atoms with Gasteiger partial charge in [-0.05, 0) is 50.2 Å². The Labute approximate surface area is 191 Å². The van der Waals surface area contributed by atoms with Crippen LogP contribution in [-0.2, 0) is 10.0 Å². The fourth-order valence-corrected chi connectivity index (χ4v) is 4.38. The highest BCUT2D eigenvalue weighted by Crippen LogP contribution is 2.27. The molecule has 8 nitrogen and oxygen atoms in total. The Bertz CT molecular complexity index is 1230. The first kappa shape index (κ1) is 25.3. The first-order valence-electron chi connectivity index (χ1n) is 9.82. The highest BCUT2D eigenvalue weighted by Gasteiger charge is 2.26. The highest BCUT2D eigenvalue weighted by molar-refractivity contribution is 7.92. The Kier molecular flexibility index (Phi) is 8.47. The predicted molar refractivity (Wildman–Crippen MR) is 124 cm³/mol. The Morgan fingerprint density at radius 3 is 1.94 bits per heavy atom. The van der Waals surface area contributed by atoms with E-state index in [1.54, 1.807) is 31.2 Å². The van der Waals surface area contributed by atoms with Gasteiger partial charge in [-0.2, -0.15) is 0 Å². The van der Waals surface area contributed by atoms with Gasteiger partial charge in [0.2, 0.25) is 0 Å². The molecule has 9 heteroatoms. The minimum Gasteiger partial charge on any atom is -0.478 e. The van der Waals surface area contributed by atoms with Gasteiger partial charge in [-0.1, -0.05) is 42.0 Å². The maximum atomic E-state index is 12.8. The molecule has 0 saturated carbocycles. The lowest BCUT2D eigenvalue weighted by Crippen LogP contribution is -2.32. The van der Waals surface area contributed by atoms with Crippen LogP contribution >= 0.6 is 0 Å². The molecule has 0 aliphatic rings. The third-order valence-electron chi connectivity index (χ3n) is 4.59. The highest BCUT2D eigenvalue weighted by atomic mass is 32.2. The molecule has 33 heavy (non-hydrogen) atoms. The van der Waals surface area contributed by atoms with Crippen LogP contribution in [0.4, 0.5) is 5.69 Å². The number of aryl methyl sites for hydroxylation is 1. The first-order chi connectivity index (χ1) is 15.6. The van der Waals surface area contributed by atoms with Gasteiger partial charge in [-0.15, -0.1) is 0 Å². The van der Waals surface area contributed by atoms with Crippen molar-refractivity contribution in [2.24, 2.45) is 0 Å². The number of nitrogens with zero attached hydrogens (tertiary/aromatic N) is 1. The number of carboxylic acids is 2. The molecule has 0 spiro atoms. The zero-order valence-corrected chi connectivity index (χ0v) is 18.8. The van der Waals surface area contributed by atoms with Crippen LogP contribution in [-0.4, -0.2) is 43.4 Å². The lowest BCUT2D eigenvalue weighted by Gasteiger charge is -2.24. The summed E-state index contributed by atoms with van der Waals surface area (Å²) in [6, 6.07) is 18.3. The van der Waals surface area contributed by atoms with E-state index < -0.39 is 22.0 Å². The minimum atomic E-state index is -3.81. The molecule has 3 aromatic rings. The van der Waals surface area contributed by atoms with Crippen LogP contribution in [0, 0.1) is 6.92 Å².